The summed E-state index contributed by atoms with van der Waals surface area (Å²) in [6.45, 7) is 0.164. The Morgan fingerprint density at radius 2 is 1.52 bits per heavy atom. The number of benzene rings is 2. The Kier molecular flexibility index (Phi) is 3.97. The van der Waals surface area contributed by atoms with Gasteiger partial charge < -0.3 is 23.7 Å². The SMILES string of the molecule is COc1cc(C(=O)c2ccc3c(c2)OCO3)cc(OC)c1OC. The second-order valence-electron chi connectivity index (χ2n) is 4.81. The molecule has 3 rings (SSSR count). The molecule has 0 spiro atoms. The maximum Gasteiger partial charge on any atom is 0.231 e. The largest absolute Gasteiger partial charge is 0.493 e. The predicted octanol–water partition coefficient (Wildman–Crippen LogP) is 2.67. The van der Waals surface area contributed by atoms with E-state index in [9.17, 15) is 4.79 Å². The van der Waals surface area contributed by atoms with E-state index in [0.717, 1.165) is 0 Å². The van der Waals surface area contributed by atoms with Crippen LogP contribution in [0, 0.1) is 0 Å². The fourth-order valence-corrected chi connectivity index (χ4v) is 2.42. The van der Waals surface area contributed by atoms with Crippen LogP contribution in [-0.2, 0) is 0 Å². The van der Waals surface area contributed by atoms with Crippen LogP contribution in [0.2, 0.25) is 0 Å². The molecule has 0 aliphatic carbocycles. The molecule has 0 fully saturated rings. The van der Waals surface area contributed by atoms with Crippen molar-refractivity contribution in [3.63, 3.8) is 0 Å². The van der Waals surface area contributed by atoms with E-state index in [1.54, 1.807) is 30.3 Å². The molecule has 0 aromatic heterocycles. The third-order valence-electron chi connectivity index (χ3n) is 3.56. The first-order valence-corrected chi connectivity index (χ1v) is 6.92. The summed E-state index contributed by atoms with van der Waals surface area (Å²) in [6.07, 6.45) is 0. The molecule has 0 bridgehead atoms. The highest BCUT2D eigenvalue weighted by Crippen LogP contribution is 2.39. The standard InChI is InChI=1S/C17H16O6/c1-19-14-7-11(8-15(20-2)17(14)21-3)16(18)10-4-5-12-13(6-10)23-9-22-12/h4-8H,9H2,1-3H3. The number of carbonyl (C=O) groups excluding carboxylic acids is 1. The molecule has 0 saturated heterocycles. The number of fused-ring (bicyclic) bond motifs is 1. The number of ether oxygens (including phenoxy) is 5. The molecule has 0 atom stereocenters. The molecule has 6 nitrogen and oxygen atoms in total. The third-order valence-corrected chi connectivity index (χ3v) is 3.56. The highest BCUT2D eigenvalue weighted by molar-refractivity contribution is 6.10. The van der Waals surface area contributed by atoms with Gasteiger partial charge in [-0.05, 0) is 30.3 Å². The quantitative estimate of drug-likeness (QED) is 0.790. The van der Waals surface area contributed by atoms with Gasteiger partial charge in [-0.25, -0.2) is 0 Å². The zero-order valence-electron chi connectivity index (χ0n) is 13.0. The van der Waals surface area contributed by atoms with E-state index in [2.05, 4.69) is 0 Å². The van der Waals surface area contributed by atoms with Crippen molar-refractivity contribution >= 4 is 5.78 Å². The average Bonchev–Trinajstić information content (AvgIpc) is 3.07. The molecule has 0 amide bonds. The van der Waals surface area contributed by atoms with Crippen LogP contribution in [0.5, 0.6) is 28.7 Å². The van der Waals surface area contributed by atoms with Gasteiger partial charge in [0.05, 0.1) is 21.3 Å². The van der Waals surface area contributed by atoms with Crippen LogP contribution < -0.4 is 23.7 Å². The first-order chi connectivity index (χ1) is 11.2. The van der Waals surface area contributed by atoms with Crippen molar-refractivity contribution in [3.05, 3.63) is 41.5 Å². The van der Waals surface area contributed by atoms with Gasteiger partial charge in [-0.15, -0.1) is 0 Å². The lowest BCUT2D eigenvalue weighted by molar-refractivity contribution is 0.103. The second-order valence-corrected chi connectivity index (χ2v) is 4.81. The summed E-state index contributed by atoms with van der Waals surface area (Å²) in [5.41, 5.74) is 0.918. The lowest BCUT2D eigenvalue weighted by Gasteiger charge is -2.13. The van der Waals surface area contributed by atoms with Gasteiger partial charge in [-0.2, -0.15) is 0 Å². The number of carbonyl (C=O) groups is 1. The van der Waals surface area contributed by atoms with Crippen molar-refractivity contribution in [1.29, 1.82) is 0 Å². The number of rotatable bonds is 5. The number of ketones is 1. The molecule has 1 aliphatic heterocycles. The van der Waals surface area contributed by atoms with Crippen molar-refractivity contribution in [2.75, 3.05) is 28.1 Å². The monoisotopic (exact) mass is 316 g/mol. The smallest absolute Gasteiger partial charge is 0.231 e. The zero-order chi connectivity index (χ0) is 16.4. The van der Waals surface area contributed by atoms with Crippen molar-refractivity contribution in [2.45, 2.75) is 0 Å². The van der Waals surface area contributed by atoms with Crippen LogP contribution in [0.4, 0.5) is 0 Å². The van der Waals surface area contributed by atoms with Crippen LogP contribution in [0.15, 0.2) is 30.3 Å². The summed E-state index contributed by atoms with van der Waals surface area (Å²) < 4.78 is 26.4. The van der Waals surface area contributed by atoms with E-state index < -0.39 is 0 Å². The van der Waals surface area contributed by atoms with Gasteiger partial charge in [0, 0.05) is 11.1 Å². The Labute approximate surface area is 133 Å². The van der Waals surface area contributed by atoms with Gasteiger partial charge in [0.1, 0.15) is 0 Å². The molecule has 0 N–H and O–H groups in total. The van der Waals surface area contributed by atoms with Crippen molar-refractivity contribution < 1.29 is 28.5 Å². The van der Waals surface area contributed by atoms with E-state index in [1.165, 1.54) is 21.3 Å². The summed E-state index contributed by atoms with van der Waals surface area (Å²) in [7, 11) is 4.53. The maximum absolute atomic E-state index is 12.7. The Balaban J connectivity index is 2.02. The van der Waals surface area contributed by atoms with Gasteiger partial charge in [0.15, 0.2) is 28.8 Å². The van der Waals surface area contributed by atoms with Crippen molar-refractivity contribution in [1.82, 2.24) is 0 Å². The Morgan fingerprint density at radius 3 is 2.13 bits per heavy atom. The molecule has 23 heavy (non-hydrogen) atoms. The lowest BCUT2D eigenvalue weighted by atomic mass is 10.0. The summed E-state index contributed by atoms with van der Waals surface area (Å²) >= 11 is 0. The minimum atomic E-state index is -0.178. The summed E-state index contributed by atoms with van der Waals surface area (Å²) in [6, 6.07) is 8.31. The molecule has 0 unspecified atom stereocenters. The number of hydrogen-bond acceptors (Lipinski definition) is 6. The van der Waals surface area contributed by atoms with E-state index in [0.29, 0.717) is 39.9 Å². The van der Waals surface area contributed by atoms with Gasteiger partial charge >= 0.3 is 0 Å². The third kappa shape index (κ3) is 2.63. The van der Waals surface area contributed by atoms with E-state index in [1.807, 2.05) is 0 Å². The first-order valence-electron chi connectivity index (χ1n) is 6.92. The van der Waals surface area contributed by atoms with Gasteiger partial charge in [0.2, 0.25) is 12.5 Å². The molecular formula is C17H16O6. The van der Waals surface area contributed by atoms with E-state index in [4.69, 9.17) is 23.7 Å². The molecule has 1 heterocycles. The average molecular weight is 316 g/mol. The molecule has 2 aromatic rings. The minimum absolute atomic E-state index is 0.164. The maximum atomic E-state index is 12.7. The van der Waals surface area contributed by atoms with Crippen LogP contribution in [0.1, 0.15) is 15.9 Å². The Bertz CT molecular complexity index is 728. The normalized spacial score (nSPS) is 12.0. The number of hydrogen-bond donors (Lipinski definition) is 0. The van der Waals surface area contributed by atoms with E-state index >= 15 is 0 Å². The van der Waals surface area contributed by atoms with Crippen LogP contribution in [0.3, 0.4) is 0 Å². The van der Waals surface area contributed by atoms with Gasteiger partial charge in [-0.3, -0.25) is 4.79 Å². The predicted molar refractivity (Wildman–Crippen MR) is 82.1 cm³/mol. The lowest BCUT2D eigenvalue weighted by Crippen LogP contribution is -2.04. The summed E-state index contributed by atoms with van der Waals surface area (Å²) in [5, 5.41) is 0. The summed E-state index contributed by atoms with van der Waals surface area (Å²) in [4.78, 5) is 12.7. The topological polar surface area (TPSA) is 63.2 Å². The Hall–Kier alpha value is -2.89. The van der Waals surface area contributed by atoms with Crippen LogP contribution >= 0.6 is 0 Å². The van der Waals surface area contributed by atoms with Gasteiger partial charge in [0.25, 0.3) is 0 Å². The fourth-order valence-electron chi connectivity index (χ4n) is 2.42. The minimum Gasteiger partial charge on any atom is -0.493 e. The zero-order valence-corrected chi connectivity index (χ0v) is 13.0. The number of methoxy groups -OCH3 is 3. The van der Waals surface area contributed by atoms with Crippen LogP contribution in [-0.4, -0.2) is 33.9 Å². The first kappa shape index (κ1) is 15.0. The highest BCUT2D eigenvalue weighted by atomic mass is 16.7. The van der Waals surface area contributed by atoms with Crippen molar-refractivity contribution in [2.24, 2.45) is 0 Å². The molecule has 0 radical (unpaired) electrons. The molecule has 2 aromatic carbocycles. The van der Waals surface area contributed by atoms with Crippen molar-refractivity contribution in [3.8, 4) is 28.7 Å². The molecule has 6 heteroatoms. The van der Waals surface area contributed by atoms with Crippen LogP contribution in [0.25, 0.3) is 0 Å². The fraction of sp³-hybridized carbons (Fsp3) is 0.235. The van der Waals surface area contributed by atoms with Gasteiger partial charge in [-0.1, -0.05) is 0 Å². The van der Waals surface area contributed by atoms with E-state index in [-0.39, 0.29) is 12.6 Å². The summed E-state index contributed by atoms with van der Waals surface area (Å²) in [5.74, 6) is 2.31. The molecule has 1 aliphatic rings. The molecule has 0 saturated carbocycles. The molecular weight excluding hydrogens is 300 g/mol. The highest BCUT2D eigenvalue weighted by Gasteiger charge is 2.20. The second kappa shape index (κ2) is 6.08. The molecule has 120 valence electrons. The Morgan fingerprint density at radius 1 is 0.870 bits per heavy atom.